The molecule has 0 aliphatic carbocycles. The summed E-state index contributed by atoms with van der Waals surface area (Å²) >= 11 is 0. The third-order valence-corrected chi connectivity index (χ3v) is 4.05. The third kappa shape index (κ3) is 3.86. The topological polar surface area (TPSA) is 44.8 Å². The summed E-state index contributed by atoms with van der Waals surface area (Å²) in [6.07, 6.45) is 0.794. The van der Waals surface area contributed by atoms with Gasteiger partial charge in [0, 0.05) is 11.1 Å². The van der Waals surface area contributed by atoms with Crippen molar-refractivity contribution in [3.8, 4) is 28.4 Å². The van der Waals surface area contributed by atoms with Gasteiger partial charge in [-0.15, -0.1) is 0 Å². The summed E-state index contributed by atoms with van der Waals surface area (Å²) in [6, 6.07) is 21.1. The van der Waals surface area contributed by atoms with E-state index in [-0.39, 0.29) is 0 Å². The van der Waals surface area contributed by atoms with E-state index in [4.69, 9.17) is 14.2 Å². The van der Waals surface area contributed by atoms with E-state index < -0.39 is 0 Å². The summed E-state index contributed by atoms with van der Waals surface area (Å²) in [6.45, 7) is 0.512. The minimum atomic E-state index is 0.512. The van der Waals surface area contributed by atoms with E-state index in [1.165, 1.54) is 0 Å². The van der Waals surface area contributed by atoms with Crippen molar-refractivity contribution in [1.82, 2.24) is 0 Å². The van der Waals surface area contributed by atoms with Crippen molar-refractivity contribution in [2.75, 3.05) is 14.2 Å². The predicted octanol–water partition coefficient (Wildman–Crippen LogP) is 4.76. The highest BCUT2D eigenvalue weighted by molar-refractivity contribution is 5.84. The number of ether oxygens (including phenoxy) is 3. The zero-order valence-electron chi connectivity index (χ0n) is 14.8. The van der Waals surface area contributed by atoms with Crippen LogP contribution in [0.4, 0.5) is 0 Å². The first-order valence-electron chi connectivity index (χ1n) is 8.23. The van der Waals surface area contributed by atoms with E-state index in [2.05, 4.69) is 0 Å². The Morgan fingerprint density at radius 3 is 2.23 bits per heavy atom. The third-order valence-electron chi connectivity index (χ3n) is 4.05. The molecule has 26 heavy (non-hydrogen) atoms. The molecule has 0 amide bonds. The van der Waals surface area contributed by atoms with Crippen LogP contribution in [0.3, 0.4) is 0 Å². The van der Waals surface area contributed by atoms with Crippen LogP contribution in [-0.4, -0.2) is 20.5 Å². The van der Waals surface area contributed by atoms with Gasteiger partial charge in [0.1, 0.15) is 18.6 Å². The van der Waals surface area contributed by atoms with Gasteiger partial charge < -0.3 is 14.2 Å². The number of rotatable bonds is 7. The molecule has 0 aromatic heterocycles. The molecule has 0 bridgehead atoms. The van der Waals surface area contributed by atoms with Gasteiger partial charge in [0.05, 0.1) is 14.2 Å². The normalized spacial score (nSPS) is 10.2. The van der Waals surface area contributed by atoms with Crippen LogP contribution in [0.25, 0.3) is 11.1 Å². The Morgan fingerprint density at radius 1 is 0.885 bits per heavy atom. The van der Waals surface area contributed by atoms with Gasteiger partial charge in [-0.2, -0.15) is 0 Å². The van der Waals surface area contributed by atoms with Crippen molar-refractivity contribution in [1.29, 1.82) is 0 Å². The first-order chi connectivity index (χ1) is 12.7. The van der Waals surface area contributed by atoms with Crippen LogP contribution in [0.1, 0.15) is 15.9 Å². The second kappa shape index (κ2) is 8.21. The molecule has 3 aromatic rings. The van der Waals surface area contributed by atoms with Crippen molar-refractivity contribution in [3.63, 3.8) is 0 Å². The molecule has 3 aromatic carbocycles. The van der Waals surface area contributed by atoms with Crippen LogP contribution in [-0.2, 0) is 6.61 Å². The number of hydrogen-bond acceptors (Lipinski definition) is 4. The SMILES string of the molecule is COc1cc(C=O)cc(-c2ccc(OCc3ccccc3)cc2)c1OC. The zero-order chi connectivity index (χ0) is 18.4. The van der Waals surface area contributed by atoms with E-state index in [1.54, 1.807) is 26.4 Å². The van der Waals surface area contributed by atoms with Crippen molar-refractivity contribution in [3.05, 3.63) is 77.9 Å². The minimum absolute atomic E-state index is 0.512. The Bertz CT molecular complexity index is 871. The maximum Gasteiger partial charge on any atom is 0.168 e. The average Bonchev–Trinajstić information content (AvgIpc) is 2.72. The Morgan fingerprint density at radius 2 is 1.62 bits per heavy atom. The van der Waals surface area contributed by atoms with Crippen LogP contribution in [0.15, 0.2) is 66.7 Å². The Hall–Kier alpha value is -3.27. The van der Waals surface area contributed by atoms with Crippen LogP contribution in [0.2, 0.25) is 0 Å². The molecule has 0 unspecified atom stereocenters. The van der Waals surface area contributed by atoms with E-state index in [9.17, 15) is 4.79 Å². The molecule has 0 N–H and O–H groups in total. The largest absolute Gasteiger partial charge is 0.493 e. The van der Waals surface area contributed by atoms with Crippen molar-refractivity contribution in [2.45, 2.75) is 6.61 Å². The maximum absolute atomic E-state index is 11.2. The van der Waals surface area contributed by atoms with Gasteiger partial charge in [-0.1, -0.05) is 42.5 Å². The summed E-state index contributed by atoms with van der Waals surface area (Å²) in [5, 5.41) is 0. The Balaban J connectivity index is 1.85. The minimum Gasteiger partial charge on any atom is -0.493 e. The number of carbonyl (C=O) groups excluding carboxylic acids is 1. The lowest BCUT2D eigenvalue weighted by Crippen LogP contribution is -1.97. The quantitative estimate of drug-likeness (QED) is 0.577. The monoisotopic (exact) mass is 348 g/mol. The van der Waals surface area contributed by atoms with E-state index in [0.29, 0.717) is 23.7 Å². The lowest BCUT2D eigenvalue weighted by Gasteiger charge is -2.14. The molecule has 0 atom stereocenters. The summed E-state index contributed by atoms with van der Waals surface area (Å²) in [5.41, 5.74) is 3.35. The zero-order valence-corrected chi connectivity index (χ0v) is 14.8. The predicted molar refractivity (Wildman–Crippen MR) is 101 cm³/mol. The molecule has 0 saturated carbocycles. The molecule has 0 heterocycles. The van der Waals surface area contributed by atoms with Crippen molar-refractivity contribution in [2.24, 2.45) is 0 Å². The molecular formula is C22H20O4. The molecule has 4 heteroatoms. The number of benzene rings is 3. The molecule has 0 radical (unpaired) electrons. The summed E-state index contributed by atoms with van der Waals surface area (Å²) in [5.74, 6) is 1.89. The molecule has 132 valence electrons. The summed E-state index contributed by atoms with van der Waals surface area (Å²) in [4.78, 5) is 11.2. The van der Waals surface area contributed by atoms with Crippen molar-refractivity contribution < 1.29 is 19.0 Å². The number of aldehydes is 1. The van der Waals surface area contributed by atoms with Gasteiger partial charge in [-0.25, -0.2) is 0 Å². The van der Waals surface area contributed by atoms with Gasteiger partial charge >= 0.3 is 0 Å². The van der Waals surface area contributed by atoms with Crippen LogP contribution < -0.4 is 14.2 Å². The van der Waals surface area contributed by atoms with E-state index >= 15 is 0 Å². The molecule has 0 aliphatic heterocycles. The van der Waals surface area contributed by atoms with Gasteiger partial charge in [-0.05, 0) is 35.4 Å². The first-order valence-corrected chi connectivity index (χ1v) is 8.23. The standard InChI is InChI=1S/C22H20O4/c1-24-21-13-17(14-23)12-20(22(21)25-2)18-8-10-19(11-9-18)26-15-16-6-4-3-5-7-16/h3-14H,15H2,1-2H3. The summed E-state index contributed by atoms with van der Waals surface area (Å²) in [7, 11) is 3.13. The van der Waals surface area contributed by atoms with Crippen LogP contribution >= 0.6 is 0 Å². The highest BCUT2D eigenvalue weighted by atomic mass is 16.5. The van der Waals surface area contributed by atoms with Gasteiger partial charge in [-0.3, -0.25) is 4.79 Å². The van der Waals surface area contributed by atoms with Crippen molar-refractivity contribution >= 4 is 6.29 Å². The van der Waals surface area contributed by atoms with Gasteiger partial charge in [0.2, 0.25) is 0 Å². The number of hydrogen-bond donors (Lipinski definition) is 0. The highest BCUT2D eigenvalue weighted by Gasteiger charge is 2.14. The average molecular weight is 348 g/mol. The van der Waals surface area contributed by atoms with E-state index in [1.807, 2.05) is 54.6 Å². The molecule has 0 saturated heterocycles. The first kappa shape index (κ1) is 17.5. The maximum atomic E-state index is 11.2. The van der Waals surface area contributed by atoms with E-state index in [0.717, 1.165) is 28.7 Å². The molecule has 0 spiro atoms. The molecule has 0 aliphatic rings. The summed E-state index contributed by atoms with van der Waals surface area (Å²) < 4.78 is 16.6. The molecular weight excluding hydrogens is 328 g/mol. The lowest BCUT2D eigenvalue weighted by atomic mass is 10.0. The van der Waals surface area contributed by atoms with Gasteiger partial charge in [0.25, 0.3) is 0 Å². The van der Waals surface area contributed by atoms with Crippen LogP contribution in [0.5, 0.6) is 17.2 Å². The fourth-order valence-corrected chi connectivity index (χ4v) is 2.74. The fraction of sp³-hybridized carbons (Fsp3) is 0.136. The second-order valence-corrected chi connectivity index (χ2v) is 5.72. The van der Waals surface area contributed by atoms with Crippen LogP contribution in [0, 0.1) is 0 Å². The fourth-order valence-electron chi connectivity index (χ4n) is 2.74. The Labute approximate surface area is 153 Å². The smallest absolute Gasteiger partial charge is 0.168 e. The number of methoxy groups -OCH3 is 2. The number of carbonyl (C=O) groups is 1. The molecule has 4 nitrogen and oxygen atoms in total. The molecule has 0 fully saturated rings. The second-order valence-electron chi connectivity index (χ2n) is 5.72. The highest BCUT2D eigenvalue weighted by Crippen LogP contribution is 2.39. The lowest BCUT2D eigenvalue weighted by molar-refractivity contribution is 0.112. The van der Waals surface area contributed by atoms with Gasteiger partial charge in [0.15, 0.2) is 11.5 Å². The molecule has 3 rings (SSSR count). The Kier molecular flexibility index (Phi) is 5.54.